The fourth-order valence-corrected chi connectivity index (χ4v) is 4.90. The van der Waals surface area contributed by atoms with Crippen molar-refractivity contribution in [1.82, 2.24) is 14.7 Å². The molecule has 8 heteroatoms. The standard InChI is InChI=1S/C19H20ClFN4OS/c1-10-5-12(3-4-22-10)16-7-15(21)17(27-16)19(26)24-13-6-14(20)18-23-11(2)8-25(18)9-13/h6-10,12,22H,3-5H2,1-2H3,(H,24,26). The predicted octanol–water partition coefficient (Wildman–Crippen LogP) is 4.60. The highest BCUT2D eigenvalue weighted by molar-refractivity contribution is 7.14. The molecule has 0 aromatic carbocycles. The van der Waals surface area contributed by atoms with Crippen LogP contribution < -0.4 is 10.6 Å². The van der Waals surface area contributed by atoms with Crippen LogP contribution >= 0.6 is 22.9 Å². The van der Waals surface area contributed by atoms with Gasteiger partial charge in [0, 0.05) is 23.3 Å². The third-order valence-electron chi connectivity index (χ3n) is 4.82. The Kier molecular flexibility index (Phi) is 4.92. The second-order valence-corrected chi connectivity index (χ2v) is 8.54. The van der Waals surface area contributed by atoms with Crippen LogP contribution in [0.5, 0.6) is 0 Å². The lowest BCUT2D eigenvalue weighted by molar-refractivity contribution is 0.102. The Hall–Kier alpha value is -1.96. The molecule has 3 aromatic rings. The number of amides is 1. The lowest BCUT2D eigenvalue weighted by Crippen LogP contribution is -2.34. The third kappa shape index (κ3) is 3.72. The highest BCUT2D eigenvalue weighted by Crippen LogP contribution is 2.35. The van der Waals surface area contributed by atoms with Crippen LogP contribution in [0.25, 0.3) is 5.65 Å². The molecular formula is C19H20ClFN4OS. The van der Waals surface area contributed by atoms with Crippen LogP contribution in [-0.2, 0) is 0 Å². The Morgan fingerprint density at radius 1 is 1.44 bits per heavy atom. The number of nitrogens with one attached hydrogen (secondary N) is 2. The summed E-state index contributed by atoms with van der Waals surface area (Å²) < 4.78 is 16.2. The number of aromatic nitrogens is 2. The molecule has 5 nitrogen and oxygen atoms in total. The maximum absolute atomic E-state index is 14.4. The molecule has 0 aliphatic carbocycles. The molecule has 142 valence electrons. The topological polar surface area (TPSA) is 58.4 Å². The zero-order chi connectivity index (χ0) is 19.1. The number of thiophene rings is 1. The number of carbonyl (C=O) groups is 1. The second-order valence-electron chi connectivity index (χ2n) is 7.05. The van der Waals surface area contributed by atoms with E-state index < -0.39 is 11.7 Å². The van der Waals surface area contributed by atoms with E-state index in [4.69, 9.17) is 11.6 Å². The summed E-state index contributed by atoms with van der Waals surface area (Å²) in [7, 11) is 0. The van der Waals surface area contributed by atoms with E-state index >= 15 is 0 Å². The van der Waals surface area contributed by atoms with Gasteiger partial charge in [-0.3, -0.25) is 4.79 Å². The number of pyridine rings is 1. The number of halogens is 2. The summed E-state index contributed by atoms with van der Waals surface area (Å²) in [5.41, 5.74) is 1.95. The molecule has 1 fully saturated rings. The van der Waals surface area contributed by atoms with Crippen LogP contribution in [-0.4, -0.2) is 27.9 Å². The number of piperidine rings is 1. The molecule has 1 aliphatic rings. The molecule has 2 N–H and O–H groups in total. The molecule has 27 heavy (non-hydrogen) atoms. The Morgan fingerprint density at radius 2 is 2.26 bits per heavy atom. The summed E-state index contributed by atoms with van der Waals surface area (Å²) in [6, 6.07) is 3.54. The van der Waals surface area contributed by atoms with Crippen molar-refractivity contribution in [2.24, 2.45) is 0 Å². The minimum Gasteiger partial charge on any atom is -0.320 e. The molecular weight excluding hydrogens is 387 g/mol. The van der Waals surface area contributed by atoms with Crippen LogP contribution in [0.15, 0.2) is 24.5 Å². The smallest absolute Gasteiger partial charge is 0.268 e. The molecule has 0 bridgehead atoms. The van der Waals surface area contributed by atoms with Crippen molar-refractivity contribution in [1.29, 1.82) is 0 Å². The van der Waals surface area contributed by atoms with Crippen LogP contribution in [0.3, 0.4) is 0 Å². The Labute approximate surface area is 165 Å². The van der Waals surface area contributed by atoms with Crippen molar-refractivity contribution in [3.05, 3.63) is 50.8 Å². The average molecular weight is 407 g/mol. The molecule has 1 amide bonds. The number of carbonyl (C=O) groups excluding carboxylic acids is 1. The minimum absolute atomic E-state index is 0.106. The van der Waals surface area contributed by atoms with Gasteiger partial charge in [0.2, 0.25) is 0 Å². The first kappa shape index (κ1) is 18.4. The largest absolute Gasteiger partial charge is 0.320 e. The molecule has 4 rings (SSSR count). The monoisotopic (exact) mass is 406 g/mol. The molecule has 0 saturated carbocycles. The van der Waals surface area contributed by atoms with E-state index in [0.717, 1.165) is 30.0 Å². The van der Waals surface area contributed by atoms with Gasteiger partial charge in [0.05, 0.1) is 16.4 Å². The van der Waals surface area contributed by atoms with Crippen molar-refractivity contribution in [3.63, 3.8) is 0 Å². The number of hydrogen-bond acceptors (Lipinski definition) is 4. The maximum atomic E-state index is 14.4. The normalized spacial score (nSPS) is 20.1. The van der Waals surface area contributed by atoms with Crippen LogP contribution in [0, 0.1) is 12.7 Å². The van der Waals surface area contributed by atoms with Gasteiger partial charge >= 0.3 is 0 Å². The van der Waals surface area contributed by atoms with Crippen molar-refractivity contribution in [2.75, 3.05) is 11.9 Å². The molecule has 3 aromatic heterocycles. The molecule has 0 spiro atoms. The summed E-state index contributed by atoms with van der Waals surface area (Å²) in [6.07, 6.45) is 5.45. The minimum atomic E-state index is -0.468. The summed E-state index contributed by atoms with van der Waals surface area (Å²) in [5, 5.41) is 6.57. The highest BCUT2D eigenvalue weighted by atomic mass is 35.5. The van der Waals surface area contributed by atoms with Crippen molar-refractivity contribution >= 4 is 40.2 Å². The predicted molar refractivity (Wildman–Crippen MR) is 107 cm³/mol. The van der Waals surface area contributed by atoms with Gasteiger partial charge in [-0.15, -0.1) is 11.3 Å². The van der Waals surface area contributed by atoms with Crippen LogP contribution in [0.4, 0.5) is 10.1 Å². The number of nitrogens with zero attached hydrogens (tertiary/aromatic N) is 2. The number of fused-ring (bicyclic) bond motifs is 1. The van der Waals surface area contributed by atoms with E-state index in [1.165, 1.54) is 17.4 Å². The number of rotatable bonds is 3. The number of anilines is 1. The van der Waals surface area contributed by atoms with E-state index in [2.05, 4.69) is 22.5 Å². The zero-order valence-electron chi connectivity index (χ0n) is 15.1. The van der Waals surface area contributed by atoms with E-state index in [1.807, 2.05) is 13.1 Å². The van der Waals surface area contributed by atoms with Gasteiger partial charge in [-0.05, 0) is 51.3 Å². The molecule has 1 aliphatic heterocycles. The Balaban J connectivity index is 1.56. The summed E-state index contributed by atoms with van der Waals surface area (Å²) >= 11 is 7.48. The first-order valence-electron chi connectivity index (χ1n) is 8.89. The summed E-state index contributed by atoms with van der Waals surface area (Å²) in [4.78, 5) is 18.0. The summed E-state index contributed by atoms with van der Waals surface area (Å²) in [6.45, 7) is 4.91. The van der Waals surface area contributed by atoms with Gasteiger partial charge in [0.1, 0.15) is 10.7 Å². The highest BCUT2D eigenvalue weighted by Gasteiger charge is 2.25. The first-order valence-corrected chi connectivity index (χ1v) is 10.1. The van der Waals surface area contributed by atoms with Gasteiger partial charge in [0.15, 0.2) is 5.65 Å². The second kappa shape index (κ2) is 7.22. The van der Waals surface area contributed by atoms with Crippen molar-refractivity contribution < 1.29 is 9.18 Å². The average Bonchev–Trinajstić information content (AvgIpc) is 3.17. The molecule has 1 saturated heterocycles. The number of aryl methyl sites for hydroxylation is 1. The SMILES string of the molecule is Cc1cn2cc(NC(=O)c3sc(C4CCNC(C)C4)cc3F)cc(Cl)c2n1. The van der Waals surface area contributed by atoms with Gasteiger partial charge in [0.25, 0.3) is 5.91 Å². The zero-order valence-corrected chi connectivity index (χ0v) is 16.6. The van der Waals surface area contributed by atoms with E-state index in [9.17, 15) is 9.18 Å². The van der Waals surface area contributed by atoms with Crippen molar-refractivity contribution in [2.45, 2.75) is 38.6 Å². The van der Waals surface area contributed by atoms with Crippen molar-refractivity contribution in [3.8, 4) is 0 Å². The maximum Gasteiger partial charge on any atom is 0.268 e. The molecule has 2 atom stereocenters. The van der Waals surface area contributed by atoms with Gasteiger partial charge in [-0.1, -0.05) is 11.6 Å². The van der Waals surface area contributed by atoms with E-state index in [1.54, 1.807) is 16.7 Å². The number of hydrogen-bond donors (Lipinski definition) is 2. The Morgan fingerprint density at radius 3 is 3.04 bits per heavy atom. The van der Waals surface area contributed by atoms with E-state index in [0.29, 0.717) is 28.3 Å². The quantitative estimate of drug-likeness (QED) is 0.668. The fraction of sp³-hybridized carbons (Fsp3) is 0.368. The molecule has 2 unspecified atom stereocenters. The lowest BCUT2D eigenvalue weighted by Gasteiger charge is -2.27. The van der Waals surface area contributed by atoms with Gasteiger partial charge in [-0.25, -0.2) is 9.37 Å². The fourth-order valence-electron chi connectivity index (χ4n) is 3.57. The molecule has 0 radical (unpaired) electrons. The van der Waals surface area contributed by atoms with Gasteiger partial charge in [-0.2, -0.15) is 0 Å². The third-order valence-corrected chi connectivity index (χ3v) is 6.37. The Bertz CT molecular complexity index is 1010. The van der Waals surface area contributed by atoms with Crippen LogP contribution in [0.2, 0.25) is 5.02 Å². The lowest BCUT2D eigenvalue weighted by atomic mass is 9.92. The summed E-state index contributed by atoms with van der Waals surface area (Å²) in [5.74, 6) is -0.635. The molecule has 4 heterocycles. The number of imidazole rings is 1. The van der Waals surface area contributed by atoms with Gasteiger partial charge < -0.3 is 15.0 Å². The van der Waals surface area contributed by atoms with Crippen LogP contribution in [0.1, 0.15) is 45.9 Å². The first-order chi connectivity index (χ1) is 12.9. The van der Waals surface area contributed by atoms with E-state index in [-0.39, 0.29) is 4.88 Å².